The number of carbonyl (C=O) groups excluding carboxylic acids is 1. The summed E-state index contributed by atoms with van der Waals surface area (Å²) in [7, 11) is 0. The number of amides is 1. The zero-order valence-electron chi connectivity index (χ0n) is 12.0. The van der Waals surface area contributed by atoms with Crippen molar-refractivity contribution < 1.29 is 9.53 Å². The molecule has 2 unspecified atom stereocenters. The lowest BCUT2D eigenvalue weighted by Gasteiger charge is -2.21. The third-order valence-corrected chi connectivity index (χ3v) is 3.37. The molecule has 20 heavy (non-hydrogen) atoms. The lowest BCUT2D eigenvalue weighted by atomic mass is 10.1. The number of carbonyl (C=O) groups is 1. The Bertz CT molecular complexity index is 438. The summed E-state index contributed by atoms with van der Waals surface area (Å²) in [6.07, 6.45) is 0.255. The Balaban J connectivity index is 2.54. The molecular formula is C15H21Cl2NO2. The summed E-state index contributed by atoms with van der Waals surface area (Å²) >= 11 is 11.7. The van der Waals surface area contributed by atoms with E-state index in [4.69, 9.17) is 27.9 Å². The van der Waals surface area contributed by atoms with E-state index in [9.17, 15) is 4.79 Å². The first-order valence-corrected chi connectivity index (χ1v) is 7.62. The van der Waals surface area contributed by atoms with Gasteiger partial charge < -0.3 is 10.1 Å². The van der Waals surface area contributed by atoms with Crippen molar-refractivity contribution in [3.8, 4) is 5.75 Å². The van der Waals surface area contributed by atoms with Crippen molar-refractivity contribution in [1.29, 1.82) is 0 Å². The van der Waals surface area contributed by atoms with Crippen LogP contribution in [0.4, 0.5) is 0 Å². The summed E-state index contributed by atoms with van der Waals surface area (Å²) in [5.74, 6) is 1.28. The standard InChI is InChI=1S/C15H21Cl2NO2/c1-10(2)7-13(9-16)18-15(19)11(3)20-14-6-4-5-12(17)8-14/h4-6,8,10-11,13H,7,9H2,1-3H3,(H,18,19). The van der Waals surface area contributed by atoms with Crippen molar-refractivity contribution in [2.45, 2.75) is 39.3 Å². The molecule has 0 heterocycles. The van der Waals surface area contributed by atoms with Gasteiger partial charge in [-0.25, -0.2) is 0 Å². The largest absolute Gasteiger partial charge is 0.481 e. The second-order valence-corrected chi connectivity index (χ2v) is 5.95. The highest BCUT2D eigenvalue weighted by Crippen LogP contribution is 2.18. The summed E-state index contributed by atoms with van der Waals surface area (Å²) in [6.45, 7) is 5.89. The van der Waals surface area contributed by atoms with Crippen LogP contribution >= 0.6 is 23.2 Å². The Morgan fingerprint density at radius 1 is 1.35 bits per heavy atom. The van der Waals surface area contributed by atoms with E-state index in [0.29, 0.717) is 22.6 Å². The van der Waals surface area contributed by atoms with E-state index in [2.05, 4.69) is 19.2 Å². The highest BCUT2D eigenvalue weighted by molar-refractivity contribution is 6.30. The minimum absolute atomic E-state index is 0.0328. The third kappa shape index (κ3) is 6.02. The number of benzene rings is 1. The van der Waals surface area contributed by atoms with Gasteiger partial charge in [0, 0.05) is 16.9 Å². The first kappa shape index (κ1) is 17.1. The van der Waals surface area contributed by atoms with Crippen LogP contribution in [0, 0.1) is 5.92 Å². The summed E-state index contributed by atoms with van der Waals surface area (Å²) < 4.78 is 5.57. The average Bonchev–Trinajstić information content (AvgIpc) is 2.37. The molecular weight excluding hydrogens is 297 g/mol. The molecule has 0 bridgehead atoms. The van der Waals surface area contributed by atoms with Crippen molar-refractivity contribution in [2.24, 2.45) is 5.92 Å². The minimum atomic E-state index is -0.591. The first-order chi connectivity index (χ1) is 9.42. The first-order valence-electron chi connectivity index (χ1n) is 6.71. The molecule has 1 N–H and O–H groups in total. The molecule has 0 saturated carbocycles. The van der Waals surface area contributed by atoms with Crippen LogP contribution in [-0.2, 0) is 4.79 Å². The third-order valence-electron chi connectivity index (χ3n) is 2.77. The van der Waals surface area contributed by atoms with Crippen molar-refractivity contribution >= 4 is 29.1 Å². The van der Waals surface area contributed by atoms with Crippen molar-refractivity contribution in [1.82, 2.24) is 5.32 Å². The lowest BCUT2D eigenvalue weighted by molar-refractivity contribution is -0.127. The monoisotopic (exact) mass is 317 g/mol. The average molecular weight is 318 g/mol. The van der Waals surface area contributed by atoms with E-state index in [1.165, 1.54) is 0 Å². The quantitative estimate of drug-likeness (QED) is 0.775. The fraction of sp³-hybridized carbons (Fsp3) is 0.533. The van der Waals surface area contributed by atoms with Gasteiger partial charge in [0.2, 0.25) is 0 Å². The maximum atomic E-state index is 12.1. The summed E-state index contributed by atoms with van der Waals surface area (Å²) in [6, 6.07) is 6.95. The molecule has 3 nitrogen and oxygen atoms in total. The van der Waals surface area contributed by atoms with Crippen molar-refractivity contribution in [2.75, 3.05) is 5.88 Å². The Morgan fingerprint density at radius 2 is 2.05 bits per heavy atom. The van der Waals surface area contributed by atoms with E-state index in [0.717, 1.165) is 6.42 Å². The second kappa shape index (κ2) is 8.38. The van der Waals surface area contributed by atoms with Crippen LogP contribution in [0.2, 0.25) is 5.02 Å². The molecule has 1 rings (SSSR count). The van der Waals surface area contributed by atoms with Gasteiger partial charge >= 0.3 is 0 Å². The van der Waals surface area contributed by atoms with Crippen LogP contribution < -0.4 is 10.1 Å². The lowest BCUT2D eigenvalue weighted by Crippen LogP contribution is -2.43. The molecule has 1 aromatic rings. The Labute approximate surface area is 130 Å². The molecule has 0 fully saturated rings. The van der Waals surface area contributed by atoms with E-state index in [1.54, 1.807) is 31.2 Å². The van der Waals surface area contributed by atoms with Gasteiger partial charge in [-0.1, -0.05) is 31.5 Å². The smallest absolute Gasteiger partial charge is 0.261 e. The van der Waals surface area contributed by atoms with Crippen LogP contribution in [-0.4, -0.2) is 23.9 Å². The van der Waals surface area contributed by atoms with E-state index < -0.39 is 6.10 Å². The summed E-state index contributed by atoms with van der Waals surface area (Å²) in [5.41, 5.74) is 0. The van der Waals surface area contributed by atoms with Crippen molar-refractivity contribution in [3.05, 3.63) is 29.3 Å². The highest BCUT2D eigenvalue weighted by atomic mass is 35.5. The predicted molar refractivity (Wildman–Crippen MR) is 83.6 cm³/mol. The fourth-order valence-electron chi connectivity index (χ4n) is 1.85. The number of hydrogen-bond acceptors (Lipinski definition) is 2. The van der Waals surface area contributed by atoms with E-state index in [1.807, 2.05) is 0 Å². The SMILES string of the molecule is CC(C)CC(CCl)NC(=O)C(C)Oc1cccc(Cl)c1. The zero-order valence-corrected chi connectivity index (χ0v) is 13.5. The zero-order chi connectivity index (χ0) is 15.1. The second-order valence-electron chi connectivity index (χ2n) is 5.21. The molecule has 0 spiro atoms. The molecule has 112 valence electrons. The normalized spacial score (nSPS) is 13.9. The fourth-order valence-corrected chi connectivity index (χ4v) is 2.23. The highest BCUT2D eigenvalue weighted by Gasteiger charge is 2.19. The number of nitrogens with one attached hydrogen (secondary N) is 1. The molecule has 0 aliphatic heterocycles. The van der Waals surface area contributed by atoms with Crippen molar-refractivity contribution in [3.63, 3.8) is 0 Å². The van der Waals surface area contributed by atoms with E-state index in [-0.39, 0.29) is 11.9 Å². The molecule has 0 radical (unpaired) electrons. The molecule has 1 aromatic carbocycles. The van der Waals surface area contributed by atoms with Gasteiger partial charge in [-0.3, -0.25) is 4.79 Å². The number of rotatable bonds is 7. The van der Waals surface area contributed by atoms with Crippen LogP contribution in [0.3, 0.4) is 0 Å². The predicted octanol–water partition coefficient (Wildman–Crippen LogP) is 3.88. The number of ether oxygens (including phenoxy) is 1. The molecule has 5 heteroatoms. The van der Waals surface area contributed by atoms with Gasteiger partial charge in [-0.2, -0.15) is 0 Å². The molecule has 0 aliphatic rings. The summed E-state index contributed by atoms with van der Waals surface area (Å²) in [4.78, 5) is 12.1. The van der Waals surface area contributed by atoms with Gasteiger partial charge in [0.25, 0.3) is 5.91 Å². The molecule has 0 saturated heterocycles. The molecule has 2 atom stereocenters. The number of halogens is 2. The molecule has 0 aromatic heterocycles. The Hall–Kier alpha value is -0.930. The maximum Gasteiger partial charge on any atom is 0.261 e. The molecule has 1 amide bonds. The van der Waals surface area contributed by atoms with Crippen LogP contribution in [0.25, 0.3) is 0 Å². The van der Waals surface area contributed by atoms with E-state index >= 15 is 0 Å². The molecule has 0 aliphatic carbocycles. The van der Waals surface area contributed by atoms with Gasteiger partial charge in [0.05, 0.1) is 0 Å². The van der Waals surface area contributed by atoms with Gasteiger partial charge in [0.1, 0.15) is 5.75 Å². The van der Waals surface area contributed by atoms with Gasteiger partial charge in [-0.05, 0) is 37.5 Å². The number of hydrogen-bond donors (Lipinski definition) is 1. The Kier molecular flexibility index (Phi) is 7.17. The minimum Gasteiger partial charge on any atom is -0.481 e. The van der Waals surface area contributed by atoms with Crippen LogP contribution in [0.15, 0.2) is 24.3 Å². The summed E-state index contributed by atoms with van der Waals surface area (Å²) in [5, 5.41) is 3.48. The maximum absolute atomic E-state index is 12.1. The number of alkyl halides is 1. The van der Waals surface area contributed by atoms with Crippen LogP contribution in [0.1, 0.15) is 27.2 Å². The van der Waals surface area contributed by atoms with Gasteiger partial charge in [0.15, 0.2) is 6.10 Å². The van der Waals surface area contributed by atoms with Gasteiger partial charge in [-0.15, -0.1) is 11.6 Å². The van der Waals surface area contributed by atoms with Crippen LogP contribution in [0.5, 0.6) is 5.75 Å². The topological polar surface area (TPSA) is 38.3 Å². The Morgan fingerprint density at radius 3 is 2.60 bits per heavy atom.